The number of hydrogen-bond acceptors (Lipinski definition) is 3. The van der Waals surface area contributed by atoms with Crippen LogP contribution in [0.3, 0.4) is 0 Å². The third-order valence-electron chi connectivity index (χ3n) is 1.14. The molecule has 0 aromatic carbocycles. The van der Waals surface area contributed by atoms with E-state index in [-0.39, 0.29) is 6.61 Å². The fraction of sp³-hybridized carbons (Fsp3) is 0.143. The number of nitrogens with zero attached hydrogens (tertiary/aromatic N) is 1. The number of ether oxygens (including phenoxy) is 1. The van der Waals surface area contributed by atoms with Crippen LogP contribution < -0.4 is 0 Å². The molecule has 0 saturated heterocycles. The average Bonchev–Trinajstić information content (AvgIpc) is 2.01. The Balaban J connectivity index is 2.57. The number of halogens is 2. The van der Waals surface area contributed by atoms with Crippen LogP contribution in [0.5, 0.6) is 0 Å². The number of carbonyl (C=O) groups excluding carboxylic acids is 1. The number of pyridine rings is 1. The van der Waals surface area contributed by atoms with E-state index in [0.717, 1.165) is 5.56 Å². The Morgan fingerprint density at radius 1 is 1.75 bits per heavy atom. The molecule has 0 bridgehead atoms. The predicted molar refractivity (Wildman–Crippen MR) is 48.0 cm³/mol. The molecule has 1 aromatic heterocycles. The first-order chi connectivity index (χ1) is 5.68. The van der Waals surface area contributed by atoms with Gasteiger partial charge in [-0.2, -0.15) is 0 Å². The highest BCUT2D eigenvalue weighted by Gasteiger charge is 1.98. The minimum Gasteiger partial charge on any atom is -0.449 e. The molecule has 1 aromatic rings. The Hall–Kier alpha value is -0.610. The summed E-state index contributed by atoms with van der Waals surface area (Å²) in [5, 5.41) is 0. The molecule has 0 spiro atoms. The van der Waals surface area contributed by atoms with E-state index in [0.29, 0.717) is 4.60 Å². The zero-order valence-electron chi connectivity index (χ0n) is 5.96. The lowest BCUT2D eigenvalue weighted by atomic mass is 10.3. The van der Waals surface area contributed by atoms with Crippen molar-refractivity contribution in [3.05, 3.63) is 28.5 Å². The van der Waals surface area contributed by atoms with Gasteiger partial charge < -0.3 is 4.74 Å². The Kier molecular flexibility index (Phi) is 3.49. The van der Waals surface area contributed by atoms with Gasteiger partial charge in [-0.05, 0) is 33.6 Å². The van der Waals surface area contributed by atoms with E-state index >= 15 is 0 Å². The largest absolute Gasteiger partial charge is 0.449 e. The van der Waals surface area contributed by atoms with Crippen molar-refractivity contribution in [3.63, 3.8) is 0 Å². The number of aromatic nitrogens is 1. The van der Waals surface area contributed by atoms with Gasteiger partial charge in [-0.1, -0.05) is 0 Å². The summed E-state index contributed by atoms with van der Waals surface area (Å²) in [4.78, 5) is 14.1. The molecular formula is C7H5BrClNO2. The van der Waals surface area contributed by atoms with Gasteiger partial charge in [-0.25, -0.2) is 9.78 Å². The monoisotopic (exact) mass is 249 g/mol. The van der Waals surface area contributed by atoms with Gasteiger partial charge in [0.15, 0.2) is 0 Å². The van der Waals surface area contributed by atoms with Crippen molar-refractivity contribution >= 4 is 33.0 Å². The molecule has 1 rings (SSSR count). The standard InChI is InChI=1S/C7H5BrClNO2/c8-6-3-5(1-2-10-6)4-12-7(9)11/h1-3H,4H2. The van der Waals surface area contributed by atoms with E-state index in [9.17, 15) is 4.79 Å². The minimum atomic E-state index is -0.803. The Morgan fingerprint density at radius 3 is 3.08 bits per heavy atom. The first-order valence-corrected chi connectivity index (χ1v) is 4.28. The van der Waals surface area contributed by atoms with Crippen LogP contribution in [0, 0.1) is 0 Å². The summed E-state index contributed by atoms with van der Waals surface area (Å²) < 4.78 is 5.26. The molecule has 64 valence electrons. The minimum absolute atomic E-state index is 0.170. The van der Waals surface area contributed by atoms with E-state index in [1.54, 1.807) is 18.3 Å². The first-order valence-electron chi connectivity index (χ1n) is 3.11. The summed E-state index contributed by atoms with van der Waals surface area (Å²) in [5.41, 5.74) is 0.0359. The SMILES string of the molecule is O=C(Cl)OCc1ccnc(Br)c1. The lowest BCUT2D eigenvalue weighted by Gasteiger charge is -1.99. The van der Waals surface area contributed by atoms with Crippen LogP contribution in [0.15, 0.2) is 22.9 Å². The summed E-state index contributed by atoms with van der Waals surface area (Å²) >= 11 is 8.16. The molecule has 0 atom stereocenters. The zero-order chi connectivity index (χ0) is 8.97. The molecular weight excluding hydrogens is 245 g/mol. The van der Waals surface area contributed by atoms with Gasteiger partial charge in [0.05, 0.1) is 0 Å². The molecule has 0 saturated carbocycles. The van der Waals surface area contributed by atoms with E-state index in [1.165, 1.54) is 0 Å². The summed E-state index contributed by atoms with van der Waals surface area (Å²) in [6, 6.07) is 3.49. The van der Waals surface area contributed by atoms with Crippen LogP contribution in [-0.2, 0) is 11.3 Å². The molecule has 1 heterocycles. The normalized spacial score (nSPS) is 9.50. The van der Waals surface area contributed by atoms with Crippen molar-refractivity contribution in [2.24, 2.45) is 0 Å². The maximum Gasteiger partial charge on any atom is 0.404 e. The van der Waals surface area contributed by atoms with Crippen LogP contribution in [0.2, 0.25) is 0 Å². The molecule has 0 fully saturated rings. The van der Waals surface area contributed by atoms with Crippen LogP contribution >= 0.6 is 27.5 Å². The topological polar surface area (TPSA) is 39.2 Å². The van der Waals surface area contributed by atoms with Gasteiger partial charge in [-0.3, -0.25) is 0 Å². The number of rotatable bonds is 2. The second-order valence-corrected chi connectivity index (χ2v) is 3.13. The van der Waals surface area contributed by atoms with Crippen LogP contribution in [0.4, 0.5) is 4.79 Å². The smallest absolute Gasteiger partial charge is 0.404 e. The zero-order valence-corrected chi connectivity index (χ0v) is 8.30. The molecule has 0 amide bonds. The second-order valence-electron chi connectivity index (χ2n) is 2.01. The van der Waals surface area contributed by atoms with Gasteiger partial charge >= 0.3 is 5.43 Å². The summed E-state index contributed by atoms with van der Waals surface area (Å²) in [6.45, 7) is 0.170. The fourth-order valence-electron chi connectivity index (χ4n) is 0.672. The average molecular weight is 250 g/mol. The van der Waals surface area contributed by atoms with Gasteiger partial charge in [0.1, 0.15) is 11.2 Å². The highest BCUT2D eigenvalue weighted by molar-refractivity contribution is 9.10. The fourth-order valence-corrected chi connectivity index (χ4v) is 1.14. The highest BCUT2D eigenvalue weighted by Crippen LogP contribution is 2.09. The molecule has 0 aliphatic rings. The highest BCUT2D eigenvalue weighted by atomic mass is 79.9. The van der Waals surface area contributed by atoms with Crippen molar-refractivity contribution in [2.75, 3.05) is 0 Å². The molecule has 12 heavy (non-hydrogen) atoms. The molecule has 5 heteroatoms. The summed E-state index contributed by atoms with van der Waals surface area (Å²) in [7, 11) is 0. The van der Waals surface area contributed by atoms with E-state index in [4.69, 9.17) is 11.6 Å². The molecule has 0 N–H and O–H groups in total. The Bertz CT molecular complexity index is 292. The third kappa shape index (κ3) is 3.19. The van der Waals surface area contributed by atoms with Gasteiger partial charge in [0, 0.05) is 17.8 Å². The third-order valence-corrected chi connectivity index (χ3v) is 1.69. The van der Waals surface area contributed by atoms with E-state index < -0.39 is 5.43 Å². The quantitative estimate of drug-likeness (QED) is 0.598. The van der Waals surface area contributed by atoms with Crippen molar-refractivity contribution in [2.45, 2.75) is 6.61 Å². The van der Waals surface area contributed by atoms with Gasteiger partial charge in [0.2, 0.25) is 0 Å². The molecule has 0 aliphatic carbocycles. The molecule has 0 radical (unpaired) electrons. The molecule has 3 nitrogen and oxygen atoms in total. The maximum absolute atomic E-state index is 10.2. The van der Waals surface area contributed by atoms with Crippen LogP contribution in [0.25, 0.3) is 0 Å². The Morgan fingerprint density at radius 2 is 2.50 bits per heavy atom. The van der Waals surface area contributed by atoms with Crippen molar-refractivity contribution in [1.82, 2.24) is 4.98 Å². The summed E-state index contributed by atoms with van der Waals surface area (Å²) in [6.07, 6.45) is 1.61. The lowest BCUT2D eigenvalue weighted by molar-refractivity contribution is 0.167. The van der Waals surface area contributed by atoms with Crippen molar-refractivity contribution in [1.29, 1.82) is 0 Å². The first kappa shape index (κ1) is 9.48. The van der Waals surface area contributed by atoms with Crippen molar-refractivity contribution in [3.8, 4) is 0 Å². The van der Waals surface area contributed by atoms with Gasteiger partial charge in [0.25, 0.3) is 0 Å². The molecule has 0 unspecified atom stereocenters. The summed E-state index contributed by atoms with van der Waals surface area (Å²) in [5.74, 6) is 0. The van der Waals surface area contributed by atoms with Crippen molar-refractivity contribution < 1.29 is 9.53 Å². The van der Waals surface area contributed by atoms with Crippen LogP contribution in [-0.4, -0.2) is 10.4 Å². The number of carbonyl (C=O) groups is 1. The lowest BCUT2D eigenvalue weighted by Crippen LogP contribution is -1.94. The predicted octanol–water partition coefficient (Wildman–Crippen LogP) is 2.72. The van der Waals surface area contributed by atoms with E-state index in [1.807, 2.05) is 0 Å². The van der Waals surface area contributed by atoms with Crippen LogP contribution in [0.1, 0.15) is 5.56 Å². The van der Waals surface area contributed by atoms with Gasteiger partial charge in [-0.15, -0.1) is 0 Å². The molecule has 0 aliphatic heterocycles. The second kappa shape index (κ2) is 4.42. The van der Waals surface area contributed by atoms with E-state index in [2.05, 4.69) is 25.7 Å². The Labute approximate surface area is 82.8 Å². The maximum atomic E-state index is 10.2. The number of hydrogen-bond donors (Lipinski definition) is 0.